The van der Waals surface area contributed by atoms with E-state index in [4.69, 9.17) is 14.2 Å². The monoisotopic (exact) mass is 533 g/mol. The van der Waals surface area contributed by atoms with Gasteiger partial charge in [0.05, 0.1) is 18.7 Å². The van der Waals surface area contributed by atoms with Crippen LogP contribution in [0.25, 0.3) is 10.9 Å². The highest BCUT2D eigenvalue weighted by atomic mass is 16.5. The van der Waals surface area contributed by atoms with Crippen molar-refractivity contribution in [2.24, 2.45) is 5.92 Å². The van der Waals surface area contributed by atoms with Crippen LogP contribution in [-0.2, 0) is 14.3 Å². The Kier molecular flexibility index (Phi) is 10.6. The Hall–Kier alpha value is -3.53. The number of benzene rings is 2. The number of fused-ring (bicyclic) bond motifs is 1. The molecule has 2 atom stereocenters. The van der Waals surface area contributed by atoms with Crippen LogP contribution in [-0.4, -0.2) is 74.1 Å². The maximum Gasteiger partial charge on any atom is 0.246 e. The Bertz CT molecular complexity index is 1210. The van der Waals surface area contributed by atoms with Crippen molar-refractivity contribution in [1.29, 1.82) is 0 Å². The zero-order chi connectivity index (χ0) is 27.5. The van der Waals surface area contributed by atoms with E-state index >= 15 is 0 Å². The third-order valence-electron chi connectivity index (χ3n) is 6.71. The van der Waals surface area contributed by atoms with Gasteiger partial charge in [0.15, 0.2) is 6.23 Å². The van der Waals surface area contributed by atoms with Crippen LogP contribution in [0.5, 0.6) is 5.75 Å². The van der Waals surface area contributed by atoms with Gasteiger partial charge in [-0.2, -0.15) is 0 Å². The quantitative estimate of drug-likeness (QED) is 0.209. The predicted molar refractivity (Wildman–Crippen MR) is 153 cm³/mol. The number of carbonyl (C=O) groups excluding carboxylic acids is 1. The molecule has 0 bridgehead atoms. The van der Waals surface area contributed by atoms with Crippen molar-refractivity contribution in [3.05, 3.63) is 72.6 Å². The van der Waals surface area contributed by atoms with Gasteiger partial charge in [0, 0.05) is 57.3 Å². The van der Waals surface area contributed by atoms with Gasteiger partial charge in [0.2, 0.25) is 5.91 Å². The number of methoxy groups -OCH3 is 2. The summed E-state index contributed by atoms with van der Waals surface area (Å²) in [5, 5.41) is 7.41. The summed E-state index contributed by atoms with van der Waals surface area (Å²) < 4.78 is 16.7. The van der Waals surface area contributed by atoms with Crippen molar-refractivity contribution in [3.8, 4) is 5.75 Å². The molecule has 1 heterocycles. The van der Waals surface area contributed by atoms with Crippen molar-refractivity contribution in [2.45, 2.75) is 32.0 Å². The van der Waals surface area contributed by atoms with E-state index in [-0.39, 0.29) is 11.9 Å². The second-order valence-corrected chi connectivity index (χ2v) is 9.75. The zero-order valence-corrected chi connectivity index (χ0v) is 23.0. The molecule has 9 nitrogen and oxygen atoms in total. The first kappa shape index (κ1) is 28.5. The molecule has 1 aliphatic carbocycles. The van der Waals surface area contributed by atoms with Gasteiger partial charge in [0.1, 0.15) is 17.9 Å². The molecule has 39 heavy (non-hydrogen) atoms. The molecule has 0 radical (unpaired) electrons. The molecule has 1 amide bonds. The number of hydrogen-bond donors (Lipinski definition) is 2. The molecule has 1 fully saturated rings. The van der Waals surface area contributed by atoms with Crippen molar-refractivity contribution in [3.63, 3.8) is 0 Å². The highest BCUT2D eigenvalue weighted by Gasteiger charge is 2.34. The summed E-state index contributed by atoms with van der Waals surface area (Å²) in [5.41, 5.74) is 1.99. The first-order valence-electron chi connectivity index (χ1n) is 13.5. The van der Waals surface area contributed by atoms with Crippen LogP contribution < -0.4 is 15.4 Å². The lowest BCUT2D eigenvalue weighted by Crippen LogP contribution is -2.40. The Morgan fingerprint density at radius 2 is 1.82 bits per heavy atom. The van der Waals surface area contributed by atoms with E-state index in [1.165, 1.54) is 5.56 Å². The van der Waals surface area contributed by atoms with Crippen LogP contribution in [0.3, 0.4) is 0 Å². The maximum atomic E-state index is 12.7. The molecule has 2 N–H and O–H groups in total. The third kappa shape index (κ3) is 8.74. The van der Waals surface area contributed by atoms with E-state index < -0.39 is 6.23 Å². The van der Waals surface area contributed by atoms with Gasteiger partial charge in [0.25, 0.3) is 0 Å². The number of nitrogens with one attached hydrogen (secondary N) is 2. The standard InChI is InChI=1S/C30H39N5O4/c1-22(23-8-5-4-6-9-23)33-29-26-20-25(13-14-27(26)31-21-32-29)39-30(24-11-12-24)34-28(36)10-7-15-35(16-18-37-2)17-19-38-3/h4-10,13-14,20-22,24,30H,11-12,15-19H2,1-3H3,(H,34,36)(H,31,32,33)/t22-,30?/m1/s1. The molecule has 1 aromatic heterocycles. The molecule has 0 saturated heterocycles. The third-order valence-corrected chi connectivity index (χ3v) is 6.71. The molecule has 4 rings (SSSR count). The van der Waals surface area contributed by atoms with Crippen LogP contribution >= 0.6 is 0 Å². The minimum absolute atomic E-state index is 0.0686. The Balaban J connectivity index is 1.40. The molecule has 208 valence electrons. The first-order valence-corrected chi connectivity index (χ1v) is 13.5. The maximum absolute atomic E-state index is 12.7. The van der Waals surface area contributed by atoms with E-state index in [2.05, 4.69) is 44.6 Å². The lowest BCUT2D eigenvalue weighted by Gasteiger charge is -2.21. The highest BCUT2D eigenvalue weighted by molar-refractivity contribution is 5.90. The number of hydrogen-bond acceptors (Lipinski definition) is 8. The van der Waals surface area contributed by atoms with Gasteiger partial charge >= 0.3 is 0 Å². The van der Waals surface area contributed by atoms with Gasteiger partial charge in [-0.1, -0.05) is 36.4 Å². The van der Waals surface area contributed by atoms with Crippen LogP contribution in [0.4, 0.5) is 5.82 Å². The minimum Gasteiger partial charge on any atom is -0.470 e. The van der Waals surface area contributed by atoms with E-state index in [0.29, 0.717) is 31.4 Å². The highest BCUT2D eigenvalue weighted by Crippen LogP contribution is 2.35. The van der Waals surface area contributed by atoms with Gasteiger partial charge in [-0.05, 0) is 43.5 Å². The smallest absolute Gasteiger partial charge is 0.246 e. The molecule has 1 aliphatic rings. The summed E-state index contributed by atoms with van der Waals surface area (Å²) in [6.07, 6.45) is 6.65. The number of carbonyl (C=O) groups is 1. The van der Waals surface area contributed by atoms with Gasteiger partial charge < -0.3 is 24.8 Å². The van der Waals surface area contributed by atoms with Crippen molar-refractivity contribution >= 4 is 22.6 Å². The van der Waals surface area contributed by atoms with Gasteiger partial charge in [-0.3, -0.25) is 9.69 Å². The predicted octanol–water partition coefficient (Wildman–Crippen LogP) is 4.19. The van der Waals surface area contributed by atoms with Gasteiger partial charge in [-0.25, -0.2) is 9.97 Å². The fourth-order valence-corrected chi connectivity index (χ4v) is 4.28. The van der Waals surface area contributed by atoms with Crippen molar-refractivity contribution in [2.75, 3.05) is 52.4 Å². The average molecular weight is 534 g/mol. The number of rotatable bonds is 16. The summed E-state index contributed by atoms with van der Waals surface area (Å²) in [6.45, 7) is 5.53. The Labute approximate surface area is 230 Å². The van der Waals surface area contributed by atoms with E-state index in [1.54, 1.807) is 26.6 Å². The molecule has 2 aromatic carbocycles. The molecular formula is C30H39N5O4. The van der Waals surface area contributed by atoms with Gasteiger partial charge in [-0.15, -0.1) is 0 Å². The number of anilines is 1. The molecule has 0 aliphatic heterocycles. The minimum atomic E-state index is -0.401. The van der Waals surface area contributed by atoms with Crippen molar-refractivity contribution in [1.82, 2.24) is 20.2 Å². The molecule has 3 aromatic rings. The normalized spacial score (nSPS) is 15.0. The Morgan fingerprint density at radius 3 is 2.51 bits per heavy atom. The molecular weight excluding hydrogens is 494 g/mol. The summed E-state index contributed by atoms with van der Waals surface area (Å²) in [7, 11) is 3.36. The number of aromatic nitrogens is 2. The van der Waals surface area contributed by atoms with E-state index in [9.17, 15) is 4.79 Å². The fraction of sp³-hybridized carbons (Fsp3) is 0.433. The summed E-state index contributed by atoms with van der Waals surface area (Å²) in [4.78, 5) is 23.8. The zero-order valence-electron chi connectivity index (χ0n) is 23.0. The summed E-state index contributed by atoms with van der Waals surface area (Å²) in [5.74, 6) is 1.52. The fourth-order valence-electron chi connectivity index (χ4n) is 4.28. The van der Waals surface area contributed by atoms with E-state index in [1.807, 2.05) is 42.5 Å². The van der Waals surface area contributed by atoms with Crippen LogP contribution in [0.1, 0.15) is 31.4 Å². The second kappa shape index (κ2) is 14.6. The van der Waals surface area contributed by atoms with E-state index in [0.717, 1.165) is 42.7 Å². The SMILES string of the molecule is COCCN(CC=CC(=O)NC(Oc1ccc2ncnc(N[C@H](C)c3ccccc3)c2c1)C1CC1)CCOC. The second-order valence-electron chi connectivity index (χ2n) is 9.75. The molecule has 1 saturated carbocycles. The molecule has 1 unspecified atom stereocenters. The van der Waals surface area contributed by atoms with Crippen LogP contribution in [0.2, 0.25) is 0 Å². The molecule has 9 heteroatoms. The van der Waals surface area contributed by atoms with Crippen molar-refractivity contribution < 1.29 is 19.0 Å². The lowest BCUT2D eigenvalue weighted by atomic mass is 10.1. The average Bonchev–Trinajstić information content (AvgIpc) is 3.80. The summed E-state index contributed by atoms with van der Waals surface area (Å²) in [6, 6.07) is 16.1. The number of amides is 1. The number of ether oxygens (including phenoxy) is 3. The van der Waals surface area contributed by atoms with Crippen LogP contribution in [0.15, 0.2) is 67.0 Å². The lowest BCUT2D eigenvalue weighted by molar-refractivity contribution is -0.119. The topological polar surface area (TPSA) is 97.8 Å². The Morgan fingerprint density at radius 1 is 1.08 bits per heavy atom. The first-order chi connectivity index (χ1) is 19.1. The molecule has 0 spiro atoms. The summed E-state index contributed by atoms with van der Waals surface area (Å²) >= 11 is 0. The number of nitrogens with zero attached hydrogens (tertiary/aromatic N) is 3. The van der Waals surface area contributed by atoms with Crippen LogP contribution in [0, 0.1) is 5.92 Å². The largest absolute Gasteiger partial charge is 0.470 e.